The summed E-state index contributed by atoms with van der Waals surface area (Å²) in [6, 6.07) is 10.3. The van der Waals surface area contributed by atoms with E-state index in [2.05, 4.69) is 26.0 Å². The van der Waals surface area contributed by atoms with E-state index in [0.29, 0.717) is 18.1 Å². The number of benzene rings is 1. The standard InChI is InChI=1S/C17H22O2/c1-16(2)10-11-17(19-16,12-15(18)13-8-9-13)14-6-4-3-5-7-14/h3-7,13H,8-12H2,1-2H3. The normalized spacial score (nSPS) is 29.4. The van der Waals surface area contributed by atoms with Crippen LogP contribution in [0.5, 0.6) is 0 Å². The van der Waals surface area contributed by atoms with Gasteiger partial charge in [-0.1, -0.05) is 30.3 Å². The molecule has 0 N–H and O–H groups in total. The van der Waals surface area contributed by atoms with E-state index in [1.807, 2.05) is 18.2 Å². The van der Waals surface area contributed by atoms with Crippen LogP contribution in [0.15, 0.2) is 30.3 Å². The second kappa shape index (κ2) is 4.45. The summed E-state index contributed by atoms with van der Waals surface area (Å²) in [4.78, 5) is 12.3. The molecule has 1 aromatic rings. The Kier molecular flexibility index (Phi) is 3.01. The van der Waals surface area contributed by atoms with E-state index < -0.39 is 0 Å². The van der Waals surface area contributed by atoms with Crippen molar-refractivity contribution in [2.75, 3.05) is 0 Å². The summed E-state index contributed by atoms with van der Waals surface area (Å²) in [6.45, 7) is 4.25. The van der Waals surface area contributed by atoms with Crippen LogP contribution >= 0.6 is 0 Å². The number of ketones is 1. The third-order valence-electron chi connectivity index (χ3n) is 4.39. The molecule has 1 saturated heterocycles. The minimum Gasteiger partial charge on any atom is -0.364 e. The van der Waals surface area contributed by atoms with Gasteiger partial charge in [-0.2, -0.15) is 0 Å². The lowest BCUT2D eigenvalue weighted by atomic mass is 9.85. The summed E-state index contributed by atoms with van der Waals surface area (Å²) in [5.74, 6) is 0.703. The number of hydrogen-bond acceptors (Lipinski definition) is 2. The zero-order valence-electron chi connectivity index (χ0n) is 11.8. The molecular weight excluding hydrogens is 236 g/mol. The van der Waals surface area contributed by atoms with Crippen molar-refractivity contribution in [1.82, 2.24) is 0 Å². The molecule has 0 amide bonds. The number of carbonyl (C=O) groups is 1. The van der Waals surface area contributed by atoms with E-state index in [4.69, 9.17) is 4.74 Å². The Hall–Kier alpha value is -1.15. The van der Waals surface area contributed by atoms with Crippen LogP contribution in [0, 0.1) is 5.92 Å². The molecule has 1 aliphatic carbocycles. The summed E-state index contributed by atoms with van der Waals surface area (Å²) in [7, 11) is 0. The molecule has 1 atom stereocenters. The van der Waals surface area contributed by atoms with Crippen LogP contribution < -0.4 is 0 Å². The topological polar surface area (TPSA) is 26.3 Å². The highest BCUT2D eigenvalue weighted by atomic mass is 16.5. The summed E-state index contributed by atoms with van der Waals surface area (Å²) >= 11 is 0. The van der Waals surface area contributed by atoms with Crippen LogP contribution in [-0.2, 0) is 15.1 Å². The molecule has 1 heterocycles. The predicted octanol–water partition coefficient (Wildman–Crippen LogP) is 3.84. The molecule has 2 nitrogen and oxygen atoms in total. The van der Waals surface area contributed by atoms with Crippen molar-refractivity contribution in [2.24, 2.45) is 5.92 Å². The second-order valence-electron chi connectivity index (χ2n) is 6.64. The van der Waals surface area contributed by atoms with Gasteiger partial charge in [-0.25, -0.2) is 0 Å². The fourth-order valence-electron chi connectivity index (χ4n) is 3.14. The Bertz CT molecular complexity index is 473. The Balaban J connectivity index is 1.89. The van der Waals surface area contributed by atoms with Crippen LogP contribution in [0.2, 0.25) is 0 Å². The van der Waals surface area contributed by atoms with E-state index in [1.165, 1.54) is 0 Å². The number of hydrogen-bond donors (Lipinski definition) is 0. The highest BCUT2D eigenvalue weighted by Gasteiger charge is 2.48. The minimum atomic E-state index is -0.384. The van der Waals surface area contributed by atoms with Gasteiger partial charge in [-0.05, 0) is 45.1 Å². The average Bonchev–Trinajstić information content (AvgIpc) is 3.17. The first kappa shape index (κ1) is 12.9. The molecule has 102 valence electrons. The van der Waals surface area contributed by atoms with Gasteiger partial charge in [0.2, 0.25) is 0 Å². The summed E-state index contributed by atoms with van der Waals surface area (Å²) in [6.07, 6.45) is 4.66. The maximum atomic E-state index is 12.3. The molecule has 0 bridgehead atoms. The lowest BCUT2D eigenvalue weighted by Gasteiger charge is -2.32. The molecule has 1 aromatic carbocycles. The van der Waals surface area contributed by atoms with Crippen molar-refractivity contribution in [1.29, 1.82) is 0 Å². The Morgan fingerprint density at radius 2 is 1.89 bits per heavy atom. The first-order valence-corrected chi connectivity index (χ1v) is 7.29. The quantitative estimate of drug-likeness (QED) is 0.820. The molecule has 1 saturated carbocycles. The minimum absolute atomic E-state index is 0.125. The third kappa shape index (κ3) is 2.59. The van der Waals surface area contributed by atoms with Crippen LogP contribution in [0.3, 0.4) is 0 Å². The largest absolute Gasteiger partial charge is 0.364 e. The molecular formula is C17H22O2. The van der Waals surface area contributed by atoms with Gasteiger partial charge >= 0.3 is 0 Å². The summed E-state index contributed by atoms with van der Waals surface area (Å²) < 4.78 is 6.35. The predicted molar refractivity (Wildman–Crippen MR) is 74.9 cm³/mol. The molecule has 3 rings (SSSR count). The number of carbonyl (C=O) groups excluding carboxylic acids is 1. The van der Waals surface area contributed by atoms with Gasteiger partial charge in [0.1, 0.15) is 11.4 Å². The lowest BCUT2D eigenvalue weighted by molar-refractivity contribution is -0.134. The molecule has 0 radical (unpaired) electrons. The molecule has 2 fully saturated rings. The summed E-state index contributed by atoms with van der Waals surface area (Å²) in [5.41, 5.74) is 0.652. The fraction of sp³-hybridized carbons (Fsp3) is 0.588. The second-order valence-corrected chi connectivity index (χ2v) is 6.64. The first-order valence-electron chi connectivity index (χ1n) is 7.29. The zero-order valence-corrected chi connectivity index (χ0v) is 11.8. The molecule has 1 aliphatic heterocycles. The highest BCUT2D eigenvalue weighted by Crippen LogP contribution is 2.48. The average molecular weight is 258 g/mol. The van der Waals surface area contributed by atoms with Crippen molar-refractivity contribution in [3.63, 3.8) is 0 Å². The van der Waals surface area contributed by atoms with Crippen molar-refractivity contribution < 1.29 is 9.53 Å². The number of rotatable bonds is 4. The van der Waals surface area contributed by atoms with Gasteiger partial charge in [0.15, 0.2) is 0 Å². The van der Waals surface area contributed by atoms with Gasteiger partial charge in [0.25, 0.3) is 0 Å². The molecule has 1 unspecified atom stereocenters. The van der Waals surface area contributed by atoms with Gasteiger partial charge in [0.05, 0.1) is 5.60 Å². The molecule has 2 aliphatic rings. The van der Waals surface area contributed by atoms with E-state index >= 15 is 0 Å². The SMILES string of the molecule is CC1(C)CCC(CC(=O)C2CC2)(c2ccccc2)O1. The van der Waals surface area contributed by atoms with Crippen molar-refractivity contribution >= 4 is 5.78 Å². The number of Topliss-reactive ketones (excluding diaryl/α,β-unsaturated/α-hetero) is 1. The van der Waals surface area contributed by atoms with Gasteiger partial charge in [-0.3, -0.25) is 4.79 Å². The molecule has 19 heavy (non-hydrogen) atoms. The maximum absolute atomic E-state index is 12.3. The number of ether oxygens (including phenoxy) is 1. The van der Waals surface area contributed by atoms with Gasteiger partial charge in [-0.15, -0.1) is 0 Å². The van der Waals surface area contributed by atoms with Crippen LogP contribution in [0.25, 0.3) is 0 Å². The molecule has 0 spiro atoms. The smallest absolute Gasteiger partial charge is 0.139 e. The van der Waals surface area contributed by atoms with E-state index in [9.17, 15) is 4.79 Å². The van der Waals surface area contributed by atoms with Crippen LogP contribution in [0.1, 0.15) is 51.5 Å². The van der Waals surface area contributed by atoms with Crippen molar-refractivity contribution in [3.8, 4) is 0 Å². The monoisotopic (exact) mass is 258 g/mol. The highest BCUT2D eigenvalue weighted by molar-refractivity contribution is 5.84. The fourth-order valence-corrected chi connectivity index (χ4v) is 3.14. The maximum Gasteiger partial charge on any atom is 0.139 e. The molecule has 2 heteroatoms. The van der Waals surface area contributed by atoms with E-state index in [-0.39, 0.29) is 11.2 Å². The first-order chi connectivity index (χ1) is 9.01. The van der Waals surface area contributed by atoms with Crippen LogP contribution in [-0.4, -0.2) is 11.4 Å². The van der Waals surface area contributed by atoms with Gasteiger partial charge in [0, 0.05) is 12.3 Å². The Morgan fingerprint density at radius 1 is 1.21 bits per heavy atom. The Morgan fingerprint density at radius 3 is 2.42 bits per heavy atom. The zero-order chi connectivity index (χ0) is 13.5. The van der Waals surface area contributed by atoms with E-state index in [0.717, 1.165) is 31.2 Å². The van der Waals surface area contributed by atoms with Crippen molar-refractivity contribution in [3.05, 3.63) is 35.9 Å². The van der Waals surface area contributed by atoms with Crippen LogP contribution in [0.4, 0.5) is 0 Å². The third-order valence-corrected chi connectivity index (χ3v) is 4.39. The summed E-state index contributed by atoms with van der Waals surface area (Å²) in [5, 5.41) is 0. The molecule has 0 aromatic heterocycles. The van der Waals surface area contributed by atoms with Gasteiger partial charge < -0.3 is 4.74 Å². The Labute approximate surface area is 115 Å². The lowest BCUT2D eigenvalue weighted by Crippen LogP contribution is -2.32. The van der Waals surface area contributed by atoms with Crippen molar-refractivity contribution in [2.45, 2.75) is 57.2 Å². The van der Waals surface area contributed by atoms with E-state index in [1.54, 1.807) is 0 Å².